The highest BCUT2D eigenvalue weighted by molar-refractivity contribution is 6.13. The van der Waals surface area contributed by atoms with Gasteiger partial charge in [0.05, 0.1) is 92.1 Å². The first-order valence-electron chi connectivity index (χ1n) is 19.8. The molecule has 10 aromatic rings. The third-order valence-electron chi connectivity index (χ3n) is 11.7. The van der Waals surface area contributed by atoms with Crippen molar-refractivity contribution in [3.63, 3.8) is 0 Å². The molecule has 0 amide bonds. The summed E-state index contributed by atoms with van der Waals surface area (Å²) in [7, 11) is 0. The summed E-state index contributed by atoms with van der Waals surface area (Å²) in [5.74, 6) is 0. The maximum absolute atomic E-state index is 14.8. The number of nitrogens with zero attached hydrogens (tertiary/aromatic N) is 7. The number of halogens is 3. The summed E-state index contributed by atoms with van der Waals surface area (Å²) < 4.78 is 48.3. The quantitative estimate of drug-likeness (QED) is 0.161. The molecule has 0 aliphatic rings. The first-order valence-corrected chi connectivity index (χ1v) is 19.8. The van der Waals surface area contributed by atoms with Crippen molar-refractivity contribution in [1.29, 1.82) is 21.0 Å². The molecule has 0 radical (unpaired) electrons. The van der Waals surface area contributed by atoms with Crippen molar-refractivity contribution in [2.24, 2.45) is 0 Å². The number of nitriles is 4. The van der Waals surface area contributed by atoms with Gasteiger partial charge in [0, 0.05) is 21.5 Å². The lowest BCUT2D eigenvalue weighted by molar-refractivity contribution is -0.137. The average Bonchev–Trinajstić information content (AvgIpc) is 3.84. The van der Waals surface area contributed by atoms with Gasteiger partial charge in [-0.25, -0.2) is 4.85 Å². The second-order valence-corrected chi connectivity index (χ2v) is 15.2. The molecule has 10 heteroatoms. The zero-order valence-corrected chi connectivity index (χ0v) is 33.3. The van der Waals surface area contributed by atoms with Crippen LogP contribution in [0.2, 0.25) is 0 Å². The highest BCUT2D eigenvalue weighted by atomic mass is 19.4. The molecule has 0 saturated carbocycles. The Balaban J connectivity index is 1.31. The van der Waals surface area contributed by atoms with Crippen molar-refractivity contribution in [1.82, 2.24) is 9.13 Å². The monoisotopic (exact) mass is 829 g/mol. The van der Waals surface area contributed by atoms with Crippen LogP contribution in [-0.2, 0) is 6.18 Å². The zero-order chi connectivity index (χ0) is 44.3. The molecule has 0 bridgehead atoms. The van der Waals surface area contributed by atoms with Gasteiger partial charge >= 0.3 is 6.18 Å². The lowest BCUT2D eigenvalue weighted by atomic mass is 9.96. The number of hydrogen-bond donors (Lipinski definition) is 0. The Morgan fingerprint density at radius 1 is 0.438 bits per heavy atom. The lowest BCUT2D eigenvalue weighted by Gasteiger charge is -2.21. The molecule has 0 unspecified atom stereocenters. The van der Waals surface area contributed by atoms with Gasteiger partial charge in [0.25, 0.3) is 0 Å². The number of hydrogen-bond acceptors (Lipinski definition) is 4. The van der Waals surface area contributed by atoms with E-state index in [1.165, 1.54) is 18.2 Å². The molecule has 298 valence electrons. The van der Waals surface area contributed by atoms with E-state index < -0.39 is 11.7 Å². The van der Waals surface area contributed by atoms with E-state index >= 15 is 0 Å². The van der Waals surface area contributed by atoms with E-state index in [2.05, 4.69) is 29.1 Å². The van der Waals surface area contributed by atoms with Crippen LogP contribution in [0, 0.1) is 51.9 Å². The van der Waals surface area contributed by atoms with E-state index in [9.17, 15) is 34.2 Å². The van der Waals surface area contributed by atoms with Crippen LogP contribution in [0.25, 0.3) is 93.2 Å². The summed E-state index contributed by atoms with van der Waals surface area (Å²) in [5, 5.41) is 42.5. The van der Waals surface area contributed by atoms with Crippen molar-refractivity contribution >= 4 is 49.3 Å². The van der Waals surface area contributed by atoms with Crippen molar-refractivity contribution in [3.8, 4) is 69.0 Å². The summed E-state index contributed by atoms with van der Waals surface area (Å²) >= 11 is 0. The van der Waals surface area contributed by atoms with E-state index in [1.54, 1.807) is 48.5 Å². The number of para-hydroxylation sites is 2. The molecular formula is C54H26F3N7. The van der Waals surface area contributed by atoms with Crippen LogP contribution >= 0.6 is 0 Å². The second kappa shape index (κ2) is 14.9. The molecule has 2 heterocycles. The Morgan fingerprint density at radius 2 is 0.906 bits per heavy atom. The van der Waals surface area contributed by atoms with Crippen LogP contribution in [-0.4, -0.2) is 9.13 Å². The van der Waals surface area contributed by atoms with Gasteiger partial charge in [-0.3, -0.25) is 0 Å². The first kappa shape index (κ1) is 38.8. The van der Waals surface area contributed by atoms with Crippen LogP contribution in [0.3, 0.4) is 0 Å². The number of fused-ring (bicyclic) bond motifs is 6. The molecule has 2 aromatic heterocycles. The second-order valence-electron chi connectivity index (χ2n) is 15.2. The van der Waals surface area contributed by atoms with Gasteiger partial charge in [-0.05, 0) is 112 Å². The molecule has 0 aliphatic carbocycles. The van der Waals surface area contributed by atoms with Crippen LogP contribution in [0.15, 0.2) is 158 Å². The lowest BCUT2D eigenvalue weighted by Crippen LogP contribution is -2.08. The van der Waals surface area contributed by atoms with E-state index in [0.717, 1.165) is 60.8 Å². The standard InChI is InChI=1S/C54H26F3N7/c1-62-47-27-53(64-49-13-7-4-10-42(49)45-25-35(17-21-51(45)64)39-19-15-33(29-59)23-37(39)31-61)52(26-43(47)40-8-2-5-11-46(40)54(55,56)57)63-48-12-6-3-9-41(48)44-24-34(16-20-50(44)63)38-18-14-32(28-58)22-36(38)30-60/h2-27H. The van der Waals surface area contributed by atoms with Gasteiger partial charge in [0.1, 0.15) is 0 Å². The fourth-order valence-corrected chi connectivity index (χ4v) is 8.91. The predicted molar refractivity (Wildman–Crippen MR) is 242 cm³/mol. The Hall–Kier alpha value is -9.40. The minimum Gasteiger partial charge on any atom is -0.308 e. The highest BCUT2D eigenvalue weighted by Gasteiger charge is 2.34. The van der Waals surface area contributed by atoms with Crippen LogP contribution in [0.5, 0.6) is 0 Å². The third-order valence-corrected chi connectivity index (χ3v) is 11.7. The molecule has 0 N–H and O–H groups in total. The van der Waals surface area contributed by atoms with Crippen molar-refractivity contribution < 1.29 is 13.2 Å². The summed E-state index contributed by atoms with van der Waals surface area (Å²) in [6.07, 6.45) is -4.71. The Labute approximate surface area is 363 Å². The van der Waals surface area contributed by atoms with E-state index in [0.29, 0.717) is 44.8 Å². The first-order chi connectivity index (χ1) is 31.1. The fourth-order valence-electron chi connectivity index (χ4n) is 8.91. The van der Waals surface area contributed by atoms with Gasteiger partial charge < -0.3 is 9.13 Å². The Morgan fingerprint density at radius 3 is 1.39 bits per heavy atom. The minimum absolute atomic E-state index is 0.0159. The third kappa shape index (κ3) is 6.09. The topological polar surface area (TPSA) is 109 Å². The number of benzene rings is 8. The Kier molecular flexibility index (Phi) is 9.06. The Bertz CT molecular complexity index is 3850. The SMILES string of the molecule is [C-]#[N+]c1cc(-n2c3ccccc3c3cc(-c4ccc(C#N)cc4C#N)ccc32)c(-n2c3ccccc3c3cc(-c4ccc(C#N)cc4C#N)ccc32)cc1-c1ccccc1C(F)(F)F. The number of rotatable bonds is 5. The summed E-state index contributed by atoms with van der Waals surface area (Å²) in [6.45, 7) is 8.41. The average molecular weight is 830 g/mol. The molecule has 7 nitrogen and oxygen atoms in total. The molecule has 0 fully saturated rings. The molecule has 0 atom stereocenters. The fraction of sp³-hybridized carbons (Fsp3) is 0.0185. The van der Waals surface area contributed by atoms with Crippen molar-refractivity contribution in [2.45, 2.75) is 6.18 Å². The van der Waals surface area contributed by atoms with Crippen LogP contribution < -0.4 is 0 Å². The highest BCUT2D eigenvalue weighted by Crippen LogP contribution is 2.47. The van der Waals surface area contributed by atoms with Gasteiger partial charge in [-0.15, -0.1) is 0 Å². The maximum atomic E-state index is 14.8. The molecule has 0 spiro atoms. The normalized spacial score (nSPS) is 11.3. The summed E-state index contributed by atoms with van der Waals surface area (Å²) in [4.78, 5) is 3.87. The van der Waals surface area contributed by atoms with Crippen molar-refractivity contribution in [3.05, 3.63) is 197 Å². The van der Waals surface area contributed by atoms with Crippen LogP contribution in [0.1, 0.15) is 27.8 Å². The van der Waals surface area contributed by atoms with E-state index in [4.69, 9.17) is 6.57 Å². The van der Waals surface area contributed by atoms with Gasteiger partial charge in [0.2, 0.25) is 0 Å². The summed E-state index contributed by atoms with van der Waals surface area (Å²) in [5.41, 5.74) is 7.30. The summed E-state index contributed by atoms with van der Waals surface area (Å²) in [6, 6.07) is 54.2. The molecule has 0 aliphatic heterocycles. The smallest absolute Gasteiger partial charge is 0.308 e. The number of alkyl halides is 3. The maximum Gasteiger partial charge on any atom is 0.416 e. The van der Waals surface area contributed by atoms with Crippen LogP contribution in [0.4, 0.5) is 18.9 Å². The predicted octanol–water partition coefficient (Wildman–Crippen LogP) is 13.9. The molecule has 0 saturated heterocycles. The molecule has 8 aromatic carbocycles. The van der Waals surface area contributed by atoms with E-state index in [1.807, 2.05) is 94.1 Å². The molecule has 64 heavy (non-hydrogen) atoms. The van der Waals surface area contributed by atoms with E-state index in [-0.39, 0.29) is 16.8 Å². The molecular weight excluding hydrogens is 804 g/mol. The van der Waals surface area contributed by atoms with Crippen molar-refractivity contribution in [2.75, 3.05) is 0 Å². The minimum atomic E-state index is -4.71. The largest absolute Gasteiger partial charge is 0.416 e. The zero-order valence-electron chi connectivity index (χ0n) is 33.3. The van der Waals surface area contributed by atoms with Gasteiger partial charge in [-0.1, -0.05) is 78.9 Å². The van der Waals surface area contributed by atoms with Gasteiger partial charge in [0.15, 0.2) is 5.69 Å². The van der Waals surface area contributed by atoms with Gasteiger partial charge in [-0.2, -0.15) is 34.2 Å². The number of aromatic nitrogens is 2. The molecule has 10 rings (SSSR count).